The average molecular weight is 230 g/mol. The van der Waals surface area contributed by atoms with E-state index in [1.807, 2.05) is 20.8 Å². The summed E-state index contributed by atoms with van der Waals surface area (Å²) in [5.41, 5.74) is -0.450. The number of aliphatic hydroxyl groups is 1. The summed E-state index contributed by atoms with van der Waals surface area (Å²) in [4.78, 5) is 13.4. The first kappa shape index (κ1) is 13.3. The Labute approximate surface area is 96.8 Å². The van der Waals surface area contributed by atoms with E-state index in [4.69, 9.17) is 4.74 Å². The Morgan fingerprint density at radius 1 is 1.56 bits per heavy atom. The van der Waals surface area contributed by atoms with E-state index in [9.17, 15) is 9.90 Å². The fourth-order valence-electron chi connectivity index (χ4n) is 1.65. The minimum Gasteiger partial charge on any atom is -0.444 e. The largest absolute Gasteiger partial charge is 0.444 e. The zero-order valence-corrected chi connectivity index (χ0v) is 10.3. The number of amides is 1. The summed E-state index contributed by atoms with van der Waals surface area (Å²) < 4.78 is 5.11. The van der Waals surface area contributed by atoms with Gasteiger partial charge in [-0.3, -0.25) is 4.90 Å². The summed E-state index contributed by atoms with van der Waals surface area (Å²) in [6.45, 7) is 8.43. The van der Waals surface area contributed by atoms with Crippen LogP contribution in [0.15, 0.2) is 0 Å². The fraction of sp³-hybridized carbons (Fsp3) is 0.909. The van der Waals surface area contributed by atoms with Gasteiger partial charge in [0.1, 0.15) is 5.60 Å². The van der Waals surface area contributed by atoms with Gasteiger partial charge >= 0.3 is 6.09 Å². The Hall–Kier alpha value is -0.810. The molecule has 0 aromatic carbocycles. The molecule has 0 aromatic heterocycles. The van der Waals surface area contributed by atoms with Crippen molar-refractivity contribution < 1.29 is 14.6 Å². The van der Waals surface area contributed by atoms with Crippen LogP contribution >= 0.6 is 0 Å². The highest BCUT2D eigenvalue weighted by Crippen LogP contribution is 2.08. The lowest BCUT2D eigenvalue weighted by Gasteiger charge is -2.20. The number of nitrogens with one attached hydrogen (secondary N) is 1. The zero-order chi connectivity index (χ0) is 12.2. The Morgan fingerprint density at radius 2 is 2.25 bits per heavy atom. The molecule has 94 valence electrons. The highest BCUT2D eigenvalue weighted by atomic mass is 16.6. The van der Waals surface area contributed by atoms with Gasteiger partial charge in [0.05, 0.1) is 6.10 Å². The first-order chi connectivity index (χ1) is 7.37. The monoisotopic (exact) mass is 230 g/mol. The van der Waals surface area contributed by atoms with Gasteiger partial charge in [0, 0.05) is 26.2 Å². The highest BCUT2D eigenvalue weighted by molar-refractivity contribution is 5.67. The zero-order valence-electron chi connectivity index (χ0n) is 10.3. The molecule has 0 unspecified atom stereocenters. The summed E-state index contributed by atoms with van der Waals surface area (Å²) in [5.74, 6) is 0. The van der Waals surface area contributed by atoms with E-state index in [0.29, 0.717) is 13.1 Å². The third-order valence-corrected chi connectivity index (χ3v) is 2.34. The molecule has 1 rings (SSSR count). The molecule has 1 atom stereocenters. The number of hydrogen-bond acceptors (Lipinski definition) is 4. The summed E-state index contributed by atoms with van der Waals surface area (Å²) in [6, 6.07) is 0. The average Bonchev–Trinajstić information content (AvgIpc) is 2.48. The van der Waals surface area contributed by atoms with Crippen LogP contribution < -0.4 is 5.32 Å². The lowest BCUT2D eigenvalue weighted by Crippen LogP contribution is -2.37. The van der Waals surface area contributed by atoms with Gasteiger partial charge in [-0.1, -0.05) is 0 Å². The first-order valence-corrected chi connectivity index (χ1v) is 5.74. The van der Waals surface area contributed by atoms with E-state index in [1.54, 1.807) is 0 Å². The molecule has 0 spiro atoms. The minimum absolute atomic E-state index is 0.207. The molecule has 2 N–H and O–H groups in total. The van der Waals surface area contributed by atoms with Gasteiger partial charge in [0.25, 0.3) is 0 Å². The van der Waals surface area contributed by atoms with Crippen LogP contribution in [0.5, 0.6) is 0 Å². The van der Waals surface area contributed by atoms with E-state index in [1.165, 1.54) is 0 Å². The van der Waals surface area contributed by atoms with E-state index in [2.05, 4.69) is 10.2 Å². The van der Waals surface area contributed by atoms with E-state index >= 15 is 0 Å². The molecule has 1 aliphatic rings. The molecule has 1 amide bonds. The minimum atomic E-state index is -0.450. The number of hydrogen-bond donors (Lipinski definition) is 2. The van der Waals surface area contributed by atoms with Gasteiger partial charge in [0.15, 0.2) is 0 Å². The number of likely N-dealkylation sites (tertiary alicyclic amines) is 1. The summed E-state index contributed by atoms with van der Waals surface area (Å²) in [5, 5.41) is 12.0. The predicted molar refractivity (Wildman–Crippen MR) is 61.3 cm³/mol. The second-order valence-electron chi connectivity index (χ2n) is 5.17. The third-order valence-electron chi connectivity index (χ3n) is 2.34. The second-order valence-corrected chi connectivity index (χ2v) is 5.17. The molecule has 16 heavy (non-hydrogen) atoms. The molecule has 1 heterocycles. The van der Waals surface area contributed by atoms with Crippen molar-refractivity contribution in [3.05, 3.63) is 0 Å². The predicted octanol–water partition coefficient (Wildman–Crippen LogP) is 0.578. The molecule has 5 heteroatoms. The Kier molecular flexibility index (Phi) is 4.56. The van der Waals surface area contributed by atoms with Crippen molar-refractivity contribution >= 4 is 6.09 Å². The molecular formula is C11H22N2O3. The van der Waals surface area contributed by atoms with Crippen molar-refractivity contribution in [3.8, 4) is 0 Å². The molecule has 1 aliphatic heterocycles. The van der Waals surface area contributed by atoms with Crippen LogP contribution in [0.2, 0.25) is 0 Å². The van der Waals surface area contributed by atoms with Crippen LogP contribution in [0.1, 0.15) is 27.2 Å². The SMILES string of the molecule is CC(C)(C)OC(=O)NCCN1CC[C@H](O)C1. The van der Waals surface area contributed by atoms with Crippen LogP contribution in [0.3, 0.4) is 0 Å². The number of aliphatic hydroxyl groups excluding tert-OH is 1. The van der Waals surface area contributed by atoms with E-state index in [-0.39, 0.29) is 12.2 Å². The van der Waals surface area contributed by atoms with Gasteiger partial charge in [-0.05, 0) is 27.2 Å². The number of carbonyl (C=O) groups excluding carboxylic acids is 1. The van der Waals surface area contributed by atoms with E-state index < -0.39 is 5.60 Å². The molecule has 5 nitrogen and oxygen atoms in total. The second kappa shape index (κ2) is 5.50. The van der Waals surface area contributed by atoms with Gasteiger partial charge < -0.3 is 15.2 Å². The molecule has 0 bridgehead atoms. The molecule has 0 aromatic rings. The maximum absolute atomic E-state index is 11.3. The van der Waals surface area contributed by atoms with Gasteiger partial charge in [0.2, 0.25) is 0 Å². The number of rotatable bonds is 3. The van der Waals surface area contributed by atoms with Crippen molar-refractivity contribution in [1.82, 2.24) is 10.2 Å². The van der Waals surface area contributed by atoms with Gasteiger partial charge in [-0.2, -0.15) is 0 Å². The van der Waals surface area contributed by atoms with Crippen LogP contribution in [-0.4, -0.2) is 54.0 Å². The number of alkyl carbamates (subject to hydrolysis) is 1. The van der Waals surface area contributed by atoms with E-state index in [0.717, 1.165) is 19.5 Å². The molecule has 0 aliphatic carbocycles. The van der Waals surface area contributed by atoms with Crippen LogP contribution in [0.4, 0.5) is 4.79 Å². The van der Waals surface area contributed by atoms with Crippen molar-refractivity contribution in [3.63, 3.8) is 0 Å². The Morgan fingerprint density at radius 3 is 2.75 bits per heavy atom. The maximum Gasteiger partial charge on any atom is 0.407 e. The van der Waals surface area contributed by atoms with Crippen molar-refractivity contribution in [2.45, 2.75) is 38.9 Å². The highest BCUT2D eigenvalue weighted by Gasteiger charge is 2.20. The molecule has 0 radical (unpaired) electrons. The van der Waals surface area contributed by atoms with Gasteiger partial charge in [-0.15, -0.1) is 0 Å². The smallest absolute Gasteiger partial charge is 0.407 e. The van der Waals surface area contributed by atoms with Crippen LogP contribution in [-0.2, 0) is 4.74 Å². The molecule has 1 fully saturated rings. The standard InChI is InChI=1S/C11H22N2O3/c1-11(2,3)16-10(15)12-5-7-13-6-4-9(14)8-13/h9,14H,4-8H2,1-3H3,(H,12,15)/t9-/m0/s1. The normalized spacial score (nSPS) is 22.1. The number of nitrogens with zero attached hydrogens (tertiary/aromatic N) is 1. The number of ether oxygens (including phenoxy) is 1. The molecular weight excluding hydrogens is 208 g/mol. The summed E-state index contributed by atoms with van der Waals surface area (Å²) in [6.07, 6.45) is 0.237. The number of carbonyl (C=O) groups is 1. The lowest BCUT2D eigenvalue weighted by molar-refractivity contribution is 0.0523. The summed E-state index contributed by atoms with van der Waals surface area (Å²) in [7, 11) is 0. The molecule has 0 saturated carbocycles. The lowest BCUT2D eigenvalue weighted by atomic mass is 10.2. The first-order valence-electron chi connectivity index (χ1n) is 5.74. The van der Waals surface area contributed by atoms with Crippen molar-refractivity contribution in [2.24, 2.45) is 0 Å². The summed E-state index contributed by atoms with van der Waals surface area (Å²) >= 11 is 0. The topological polar surface area (TPSA) is 61.8 Å². The van der Waals surface area contributed by atoms with Crippen molar-refractivity contribution in [2.75, 3.05) is 26.2 Å². The third kappa shape index (κ3) is 5.32. The van der Waals surface area contributed by atoms with Crippen LogP contribution in [0, 0.1) is 0 Å². The Bertz CT molecular complexity index is 238. The molecule has 1 saturated heterocycles. The fourth-order valence-corrected chi connectivity index (χ4v) is 1.65. The van der Waals surface area contributed by atoms with Crippen molar-refractivity contribution in [1.29, 1.82) is 0 Å². The van der Waals surface area contributed by atoms with Crippen LogP contribution in [0.25, 0.3) is 0 Å². The number of β-amino-alcohol motifs (C(OH)–C–C–N with tert-alkyl or cyclic N) is 1. The Balaban J connectivity index is 2.09. The quantitative estimate of drug-likeness (QED) is 0.744. The maximum atomic E-state index is 11.3. The van der Waals surface area contributed by atoms with Gasteiger partial charge in [-0.25, -0.2) is 4.79 Å².